The summed E-state index contributed by atoms with van der Waals surface area (Å²) in [7, 11) is 0. The molecule has 3 heteroatoms. The van der Waals surface area contributed by atoms with Crippen molar-refractivity contribution in [2.24, 2.45) is 0 Å². The van der Waals surface area contributed by atoms with E-state index in [9.17, 15) is 5.11 Å². The highest BCUT2D eigenvalue weighted by atomic mass is 32.1. The standard InChI is InChI=1S/C14H15NOS/c1-2-6-12(16)9-14-15-13(10-17-14)11-7-4-3-5-8-11/h2-5,7-8,10,12,16H,1,6,9H2. The minimum atomic E-state index is -0.373. The average molecular weight is 245 g/mol. The highest BCUT2D eigenvalue weighted by Gasteiger charge is 2.08. The first-order valence-corrected chi connectivity index (χ1v) is 6.46. The molecule has 1 unspecified atom stereocenters. The summed E-state index contributed by atoms with van der Waals surface area (Å²) in [6, 6.07) is 10.1. The highest BCUT2D eigenvalue weighted by Crippen LogP contribution is 2.22. The van der Waals surface area contributed by atoms with Crippen LogP contribution in [0.2, 0.25) is 0 Å². The summed E-state index contributed by atoms with van der Waals surface area (Å²) in [4.78, 5) is 4.53. The maximum atomic E-state index is 9.68. The van der Waals surface area contributed by atoms with Gasteiger partial charge in [-0.3, -0.25) is 0 Å². The molecule has 17 heavy (non-hydrogen) atoms. The van der Waals surface area contributed by atoms with Gasteiger partial charge in [-0.15, -0.1) is 17.9 Å². The molecule has 2 aromatic rings. The zero-order valence-electron chi connectivity index (χ0n) is 9.54. The Bertz CT molecular complexity index is 478. The Labute approximate surface area is 105 Å². The number of rotatable bonds is 5. The van der Waals surface area contributed by atoms with Crippen molar-refractivity contribution in [1.82, 2.24) is 4.98 Å². The van der Waals surface area contributed by atoms with Gasteiger partial charge in [0.1, 0.15) is 0 Å². The molecule has 1 aromatic heterocycles. The van der Waals surface area contributed by atoms with Crippen LogP contribution in [0.1, 0.15) is 11.4 Å². The lowest BCUT2D eigenvalue weighted by molar-refractivity contribution is 0.178. The van der Waals surface area contributed by atoms with Crippen molar-refractivity contribution < 1.29 is 5.11 Å². The van der Waals surface area contributed by atoms with Crippen molar-refractivity contribution in [3.8, 4) is 11.3 Å². The molecule has 0 aliphatic carbocycles. The fourth-order valence-electron chi connectivity index (χ4n) is 1.62. The van der Waals surface area contributed by atoms with E-state index in [0.29, 0.717) is 12.8 Å². The minimum Gasteiger partial charge on any atom is -0.392 e. The van der Waals surface area contributed by atoms with Crippen LogP contribution in [0, 0.1) is 0 Å². The quantitative estimate of drug-likeness (QED) is 0.820. The number of hydrogen-bond acceptors (Lipinski definition) is 3. The van der Waals surface area contributed by atoms with Gasteiger partial charge in [-0.25, -0.2) is 4.98 Å². The van der Waals surface area contributed by atoms with Crippen LogP contribution >= 0.6 is 11.3 Å². The Kier molecular flexibility index (Phi) is 4.07. The van der Waals surface area contributed by atoms with Gasteiger partial charge in [-0.1, -0.05) is 36.4 Å². The Balaban J connectivity index is 2.09. The largest absolute Gasteiger partial charge is 0.392 e. The van der Waals surface area contributed by atoms with Crippen LogP contribution < -0.4 is 0 Å². The number of benzene rings is 1. The van der Waals surface area contributed by atoms with E-state index < -0.39 is 0 Å². The SMILES string of the molecule is C=CCC(O)Cc1nc(-c2ccccc2)cs1. The fraction of sp³-hybridized carbons (Fsp3) is 0.214. The minimum absolute atomic E-state index is 0.373. The molecule has 0 radical (unpaired) electrons. The molecule has 1 aromatic carbocycles. The summed E-state index contributed by atoms with van der Waals surface area (Å²) < 4.78 is 0. The van der Waals surface area contributed by atoms with Crippen LogP contribution in [0.3, 0.4) is 0 Å². The maximum absolute atomic E-state index is 9.68. The van der Waals surface area contributed by atoms with Crippen LogP contribution in [-0.2, 0) is 6.42 Å². The predicted molar refractivity (Wildman–Crippen MR) is 72.1 cm³/mol. The van der Waals surface area contributed by atoms with Crippen LogP contribution in [0.25, 0.3) is 11.3 Å². The van der Waals surface area contributed by atoms with Crippen molar-refractivity contribution in [3.05, 3.63) is 53.4 Å². The van der Waals surface area contributed by atoms with Gasteiger partial charge < -0.3 is 5.11 Å². The molecule has 2 nitrogen and oxygen atoms in total. The number of aliphatic hydroxyl groups excluding tert-OH is 1. The summed E-state index contributed by atoms with van der Waals surface area (Å²) in [6.07, 6.45) is 2.57. The van der Waals surface area contributed by atoms with E-state index in [-0.39, 0.29) is 6.10 Å². The Morgan fingerprint density at radius 1 is 1.35 bits per heavy atom. The third kappa shape index (κ3) is 3.25. The van der Waals surface area contributed by atoms with E-state index in [2.05, 4.69) is 11.6 Å². The predicted octanol–water partition coefficient (Wildman–Crippen LogP) is 3.29. The van der Waals surface area contributed by atoms with E-state index in [0.717, 1.165) is 16.3 Å². The van der Waals surface area contributed by atoms with Gasteiger partial charge in [0, 0.05) is 17.4 Å². The van der Waals surface area contributed by atoms with Crippen molar-refractivity contribution >= 4 is 11.3 Å². The lowest BCUT2D eigenvalue weighted by atomic mass is 10.2. The van der Waals surface area contributed by atoms with Crippen LogP contribution in [-0.4, -0.2) is 16.2 Å². The molecule has 0 amide bonds. The van der Waals surface area contributed by atoms with Crippen LogP contribution in [0.5, 0.6) is 0 Å². The summed E-state index contributed by atoms with van der Waals surface area (Å²) in [6.45, 7) is 3.62. The molecule has 0 spiro atoms. The lowest BCUT2D eigenvalue weighted by Gasteiger charge is -2.03. The van der Waals surface area contributed by atoms with E-state index in [1.54, 1.807) is 17.4 Å². The molecule has 2 rings (SSSR count). The second-order valence-corrected chi connectivity index (χ2v) is 4.82. The molecule has 88 valence electrons. The van der Waals surface area contributed by atoms with Gasteiger partial charge in [0.25, 0.3) is 0 Å². The zero-order valence-corrected chi connectivity index (χ0v) is 10.4. The van der Waals surface area contributed by atoms with E-state index in [1.807, 2.05) is 35.7 Å². The third-order valence-corrected chi connectivity index (χ3v) is 3.34. The van der Waals surface area contributed by atoms with Gasteiger partial charge in [-0.05, 0) is 6.42 Å². The summed E-state index contributed by atoms with van der Waals surface area (Å²) in [5, 5.41) is 12.7. The van der Waals surface area contributed by atoms with Gasteiger partial charge >= 0.3 is 0 Å². The van der Waals surface area contributed by atoms with E-state index in [1.165, 1.54) is 0 Å². The second kappa shape index (κ2) is 5.75. The molecule has 1 heterocycles. The highest BCUT2D eigenvalue weighted by molar-refractivity contribution is 7.09. The first-order valence-electron chi connectivity index (χ1n) is 5.58. The Hall–Kier alpha value is -1.45. The first kappa shape index (κ1) is 12.0. The fourth-order valence-corrected chi connectivity index (χ4v) is 2.50. The topological polar surface area (TPSA) is 33.1 Å². The third-order valence-electron chi connectivity index (χ3n) is 2.47. The number of aromatic nitrogens is 1. The zero-order chi connectivity index (χ0) is 12.1. The monoisotopic (exact) mass is 245 g/mol. The Morgan fingerprint density at radius 2 is 2.12 bits per heavy atom. The van der Waals surface area contributed by atoms with Gasteiger partial charge in [-0.2, -0.15) is 0 Å². The van der Waals surface area contributed by atoms with E-state index in [4.69, 9.17) is 0 Å². The van der Waals surface area contributed by atoms with Crippen molar-refractivity contribution in [2.75, 3.05) is 0 Å². The van der Waals surface area contributed by atoms with Gasteiger partial charge in [0.15, 0.2) is 0 Å². The molecule has 0 saturated heterocycles. The molecular formula is C14H15NOS. The van der Waals surface area contributed by atoms with Crippen molar-refractivity contribution in [2.45, 2.75) is 18.9 Å². The summed E-state index contributed by atoms with van der Waals surface area (Å²) >= 11 is 1.59. The molecular weight excluding hydrogens is 230 g/mol. The van der Waals surface area contributed by atoms with Gasteiger partial charge in [0.2, 0.25) is 0 Å². The molecule has 0 aliphatic heterocycles. The number of aliphatic hydroxyl groups is 1. The smallest absolute Gasteiger partial charge is 0.0958 e. The number of thiazole rings is 1. The summed E-state index contributed by atoms with van der Waals surface area (Å²) in [5.74, 6) is 0. The number of hydrogen-bond donors (Lipinski definition) is 1. The molecule has 0 saturated carbocycles. The van der Waals surface area contributed by atoms with Crippen molar-refractivity contribution in [1.29, 1.82) is 0 Å². The lowest BCUT2D eigenvalue weighted by Crippen LogP contribution is -2.08. The molecule has 1 atom stereocenters. The van der Waals surface area contributed by atoms with Crippen LogP contribution in [0.15, 0.2) is 48.4 Å². The molecule has 0 aliphatic rings. The van der Waals surface area contributed by atoms with Crippen molar-refractivity contribution in [3.63, 3.8) is 0 Å². The molecule has 0 bridgehead atoms. The van der Waals surface area contributed by atoms with Gasteiger partial charge in [0.05, 0.1) is 16.8 Å². The summed E-state index contributed by atoms with van der Waals surface area (Å²) in [5.41, 5.74) is 2.10. The normalized spacial score (nSPS) is 12.3. The first-order chi connectivity index (χ1) is 8.29. The second-order valence-electron chi connectivity index (χ2n) is 3.87. The Morgan fingerprint density at radius 3 is 2.82 bits per heavy atom. The van der Waals surface area contributed by atoms with E-state index >= 15 is 0 Å². The number of nitrogens with zero attached hydrogens (tertiary/aromatic N) is 1. The molecule has 0 fully saturated rings. The van der Waals surface area contributed by atoms with Crippen LogP contribution in [0.4, 0.5) is 0 Å². The maximum Gasteiger partial charge on any atom is 0.0958 e. The molecule has 1 N–H and O–H groups in total. The average Bonchev–Trinajstić information content (AvgIpc) is 2.79.